The normalized spacial score (nSPS) is 21.6. The van der Waals surface area contributed by atoms with E-state index in [1.807, 2.05) is 30.3 Å². The second-order valence-corrected chi connectivity index (χ2v) is 10.8. The topological polar surface area (TPSA) is 57.3 Å². The van der Waals surface area contributed by atoms with Crippen LogP contribution in [-0.4, -0.2) is 37.1 Å². The van der Waals surface area contributed by atoms with Gasteiger partial charge in [0.25, 0.3) is 0 Å². The molecule has 2 aliphatic carbocycles. The molecule has 5 rings (SSSR count). The molecule has 5 nitrogen and oxygen atoms in total. The first-order valence-corrected chi connectivity index (χ1v) is 13.2. The predicted molar refractivity (Wildman–Crippen MR) is 145 cm³/mol. The van der Waals surface area contributed by atoms with Crippen LogP contribution < -0.4 is 15.5 Å². The van der Waals surface area contributed by atoms with Gasteiger partial charge < -0.3 is 15.5 Å². The van der Waals surface area contributed by atoms with Crippen molar-refractivity contribution < 1.29 is 4.79 Å². The number of hydrogen-bond acceptors (Lipinski definition) is 4. The quantitative estimate of drug-likeness (QED) is 0.425. The number of carbonyl (C=O) groups excluding carboxylic acids is 1. The number of benzene rings is 2. The van der Waals surface area contributed by atoms with Crippen molar-refractivity contribution in [1.82, 2.24) is 10.3 Å². The maximum Gasteiger partial charge on any atom is 0.230 e. The average molecular weight is 491 g/mol. The van der Waals surface area contributed by atoms with Crippen molar-refractivity contribution in [3.05, 3.63) is 65.2 Å². The number of fused-ring (bicyclic) bond motifs is 1. The fourth-order valence-corrected chi connectivity index (χ4v) is 6.04. The molecule has 2 aromatic carbocycles. The van der Waals surface area contributed by atoms with Gasteiger partial charge in [-0.3, -0.25) is 4.79 Å². The molecular weight excluding hydrogens is 456 g/mol. The van der Waals surface area contributed by atoms with Crippen LogP contribution >= 0.6 is 11.6 Å². The molecular formula is C29H35ClN4O. The second kappa shape index (κ2) is 10.1. The van der Waals surface area contributed by atoms with Crippen LogP contribution in [0.5, 0.6) is 0 Å². The van der Waals surface area contributed by atoms with Crippen LogP contribution in [0.1, 0.15) is 56.9 Å². The SMILES string of the molecule is CN(C)c1cc(N[C@H]2CC[C@@H](NC(=O)C3(c4ccc(Cl)cc4)CCCC3)CC2)nc2ccccc12. The van der Waals surface area contributed by atoms with Crippen LogP contribution in [0, 0.1) is 0 Å². The van der Waals surface area contributed by atoms with E-state index in [0.717, 1.165) is 73.7 Å². The monoisotopic (exact) mass is 490 g/mol. The molecule has 1 amide bonds. The van der Waals surface area contributed by atoms with Gasteiger partial charge in [0.15, 0.2) is 0 Å². The average Bonchev–Trinajstić information content (AvgIpc) is 3.36. The summed E-state index contributed by atoms with van der Waals surface area (Å²) in [6.45, 7) is 0. The molecule has 1 heterocycles. The fraction of sp³-hybridized carbons (Fsp3) is 0.448. The standard InChI is InChI=1S/C29H35ClN4O/c1-34(2)26-19-27(33-25-8-4-3-7-24(25)26)31-22-13-15-23(16-14-22)32-28(35)29(17-5-6-18-29)20-9-11-21(30)12-10-20/h3-4,7-12,19,22-23H,5-6,13-18H2,1-2H3,(H,31,33)(H,32,35)/t22-,23+. The van der Waals surface area contributed by atoms with Gasteiger partial charge in [0.1, 0.15) is 5.82 Å². The zero-order chi connectivity index (χ0) is 24.4. The first kappa shape index (κ1) is 23.9. The number of carbonyl (C=O) groups is 1. The molecule has 0 saturated heterocycles. The minimum Gasteiger partial charge on any atom is -0.377 e. The molecule has 0 radical (unpaired) electrons. The molecule has 6 heteroatoms. The van der Waals surface area contributed by atoms with Crippen LogP contribution in [0.3, 0.4) is 0 Å². The third kappa shape index (κ3) is 4.97. The summed E-state index contributed by atoms with van der Waals surface area (Å²) < 4.78 is 0. The molecule has 2 N–H and O–H groups in total. The number of hydrogen-bond donors (Lipinski definition) is 2. The van der Waals surface area contributed by atoms with E-state index in [4.69, 9.17) is 16.6 Å². The van der Waals surface area contributed by atoms with Crippen molar-refractivity contribution >= 4 is 39.9 Å². The Morgan fingerprint density at radius 3 is 2.31 bits per heavy atom. The Morgan fingerprint density at radius 1 is 0.971 bits per heavy atom. The van der Waals surface area contributed by atoms with Crippen molar-refractivity contribution in [3.8, 4) is 0 Å². The highest BCUT2D eigenvalue weighted by Crippen LogP contribution is 2.42. The summed E-state index contributed by atoms with van der Waals surface area (Å²) in [7, 11) is 4.14. The van der Waals surface area contributed by atoms with E-state index in [9.17, 15) is 4.79 Å². The Balaban J connectivity index is 1.22. The highest BCUT2D eigenvalue weighted by Gasteiger charge is 2.43. The lowest BCUT2D eigenvalue weighted by atomic mass is 9.77. The Hall–Kier alpha value is -2.79. The molecule has 3 aromatic rings. The number of nitrogens with zero attached hydrogens (tertiary/aromatic N) is 2. The van der Waals surface area contributed by atoms with Crippen molar-refractivity contribution in [2.75, 3.05) is 24.3 Å². The number of amides is 1. The van der Waals surface area contributed by atoms with E-state index in [0.29, 0.717) is 11.1 Å². The molecule has 2 saturated carbocycles. The zero-order valence-electron chi connectivity index (χ0n) is 20.7. The second-order valence-electron chi connectivity index (χ2n) is 10.4. The lowest BCUT2D eigenvalue weighted by molar-refractivity contribution is -0.127. The molecule has 2 aliphatic rings. The number of aromatic nitrogens is 1. The van der Waals surface area contributed by atoms with Gasteiger partial charge in [-0.15, -0.1) is 0 Å². The van der Waals surface area contributed by atoms with E-state index in [2.05, 4.69) is 53.9 Å². The molecule has 184 valence electrons. The molecule has 0 spiro atoms. The van der Waals surface area contributed by atoms with Gasteiger partial charge in [-0.2, -0.15) is 0 Å². The van der Waals surface area contributed by atoms with Crippen LogP contribution in [0.2, 0.25) is 5.02 Å². The van der Waals surface area contributed by atoms with Crippen LogP contribution in [0.25, 0.3) is 10.9 Å². The number of rotatable bonds is 6. The van der Waals surface area contributed by atoms with Crippen LogP contribution in [0.15, 0.2) is 54.6 Å². The van der Waals surface area contributed by atoms with Gasteiger partial charge in [0, 0.05) is 48.3 Å². The Bertz CT molecular complexity index is 1180. The predicted octanol–water partition coefficient (Wildman–Crippen LogP) is 6.31. The minimum absolute atomic E-state index is 0.195. The maximum absolute atomic E-state index is 13.5. The lowest BCUT2D eigenvalue weighted by Gasteiger charge is -2.34. The first-order valence-electron chi connectivity index (χ1n) is 12.9. The van der Waals surface area contributed by atoms with Crippen LogP contribution in [-0.2, 0) is 10.2 Å². The van der Waals surface area contributed by atoms with Crippen molar-refractivity contribution in [1.29, 1.82) is 0 Å². The number of para-hydroxylation sites is 1. The van der Waals surface area contributed by atoms with Gasteiger partial charge in [-0.05, 0) is 62.3 Å². The largest absolute Gasteiger partial charge is 0.377 e. The zero-order valence-corrected chi connectivity index (χ0v) is 21.4. The van der Waals surface area contributed by atoms with Crippen molar-refractivity contribution in [3.63, 3.8) is 0 Å². The lowest BCUT2D eigenvalue weighted by Crippen LogP contribution is -2.48. The van der Waals surface area contributed by atoms with Crippen LogP contribution in [0.4, 0.5) is 11.5 Å². The molecule has 1 aromatic heterocycles. The molecule has 0 atom stereocenters. The Kier molecular flexibility index (Phi) is 6.88. The maximum atomic E-state index is 13.5. The summed E-state index contributed by atoms with van der Waals surface area (Å²) >= 11 is 6.11. The van der Waals surface area contributed by atoms with Crippen molar-refractivity contribution in [2.24, 2.45) is 0 Å². The molecule has 0 unspecified atom stereocenters. The minimum atomic E-state index is -0.405. The fourth-order valence-electron chi connectivity index (χ4n) is 5.91. The summed E-state index contributed by atoms with van der Waals surface area (Å²) in [5.74, 6) is 1.12. The highest BCUT2D eigenvalue weighted by molar-refractivity contribution is 6.30. The van der Waals surface area contributed by atoms with Gasteiger partial charge in [0.05, 0.1) is 10.9 Å². The Labute approximate surface area is 213 Å². The molecule has 2 fully saturated rings. The Morgan fingerprint density at radius 2 is 1.63 bits per heavy atom. The van der Waals surface area contributed by atoms with Gasteiger partial charge >= 0.3 is 0 Å². The highest BCUT2D eigenvalue weighted by atomic mass is 35.5. The summed E-state index contributed by atoms with van der Waals surface area (Å²) in [6, 6.07) is 18.9. The number of halogens is 1. The number of anilines is 2. The van der Waals surface area contributed by atoms with Crippen molar-refractivity contribution in [2.45, 2.75) is 68.9 Å². The van der Waals surface area contributed by atoms with E-state index < -0.39 is 5.41 Å². The smallest absolute Gasteiger partial charge is 0.230 e. The summed E-state index contributed by atoms with van der Waals surface area (Å²) in [6.07, 6.45) is 8.02. The first-order chi connectivity index (χ1) is 16.9. The summed E-state index contributed by atoms with van der Waals surface area (Å²) in [5, 5.41) is 8.98. The van der Waals surface area contributed by atoms with Gasteiger partial charge in [-0.25, -0.2) is 4.98 Å². The third-order valence-electron chi connectivity index (χ3n) is 7.88. The number of pyridine rings is 1. The third-order valence-corrected chi connectivity index (χ3v) is 8.13. The van der Waals surface area contributed by atoms with E-state index in [1.54, 1.807) is 0 Å². The molecule has 0 bridgehead atoms. The van der Waals surface area contributed by atoms with E-state index in [-0.39, 0.29) is 11.9 Å². The van der Waals surface area contributed by atoms with Gasteiger partial charge in [-0.1, -0.05) is 54.8 Å². The molecule has 35 heavy (non-hydrogen) atoms. The summed E-state index contributed by atoms with van der Waals surface area (Å²) in [5.41, 5.74) is 2.87. The van der Waals surface area contributed by atoms with E-state index >= 15 is 0 Å². The molecule has 0 aliphatic heterocycles. The van der Waals surface area contributed by atoms with E-state index in [1.165, 1.54) is 5.69 Å². The summed E-state index contributed by atoms with van der Waals surface area (Å²) in [4.78, 5) is 20.5. The number of nitrogens with one attached hydrogen (secondary N) is 2. The van der Waals surface area contributed by atoms with Gasteiger partial charge in [0.2, 0.25) is 5.91 Å².